The first-order valence-corrected chi connectivity index (χ1v) is 3.90. The lowest BCUT2D eigenvalue weighted by Crippen LogP contribution is -1.93. The number of hydrogen-bond acceptors (Lipinski definition) is 2. The first kappa shape index (κ1) is 8.78. The predicted octanol–water partition coefficient (Wildman–Crippen LogP) is 2.42. The summed E-state index contributed by atoms with van der Waals surface area (Å²) in [4.78, 5) is 0. The van der Waals surface area contributed by atoms with Gasteiger partial charge in [-0.15, -0.1) is 0 Å². The van der Waals surface area contributed by atoms with Gasteiger partial charge in [0.15, 0.2) is 0 Å². The van der Waals surface area contributed by atoms with Gasteiger partial charge in [-0.1, -0.05) is 22.9 Å². The minimum absolute atomic E-state index is 1.00. The van der Waals surface area contributed by atoms with Gasteiger partial charge in [0.2, 0.25) is 0 Å². The lowest BCUT2D eigenvalue weighted by molar-refractivity contribution is 0.322. The molecule has 0 radical (unpaired) electrons. The van der Waals surface area contributed by atoms with Gasteiger partial charge in [0.05, 0.1) is 6.21 Å². The van der Waals surface area contributed by atoms with E-state index in [9.17, 15) is 0 Å². The van der Waals surface area contributed by atoms with E-state index in [1.54, 1.807) is 0 Å². The van der Waals surface area contributed by atoms with E-state index in [1.807, 2.05) is 13.8 Å². The number of rotatable bonds is 1. The van der Waals surface area contributed by atoms with Gasteiger partial charge < -0.3 is 5.21 Å². The van der Waals surface area contributed by atoms with Crippen molar-refractivity contribution in [2.45, 2.75) is 20.8 Å². The molecular formula is C10H13NO. The Bertz CT molecular complexity index is 293. The van der Waals surface area contributed by atoms with Crippen LogP contribution in [-0.4, -0.2) is 11.4 Å². The van der Waals surface area contributed by atoms with Crippen LogP contribution in [0.1, 0.15) is 22.3 Å². The molecule has 64 valence electrons. The van der Waals surface area contributed by atoms with Crippen molar-refractivity contribution < 1.29 is 5.21 Å². The summed E-state index contributed by atoms with van der Waals surface area (Å²) in [6.07, 6.45) is 1.48. The van der Waals surface area contributed by atoms with Crippen LogP contribution in [0, 0.1) is 20.8 Å². The minimum Gasteiger partial charge on any atom is -0.411 e. The van der Waals surface area contributed by atoms with E-state index in [-0.39, 0.29) is 0 Å². The molecule has 0 aliphatic rings. The predicted molar refractivity (Wildman–Crippen MR) is 50.0 cm³/mol. The molecule has 2 nitrogen and oxygen atoms in total. The third kappa shape index (κ3) is 1.64. The van der Waals surface area contributed by atoms with Crippen LogP contribution >= 0.6 is 0 Å². The van der Waals surface area contributed by atoms with Gasteiger partial charge in [0.25, 0.3) is 0 Å². The second-order valence-corrected chi connectivity index (χ2v) is 3.06. The molecule has 0 bridgehead atoms. The molecular weight excluding hydrogens is 150 g/mol. The molecule has 1 aromatic carbocycles. The second kappa shape index (κ2) is 3.39. The molecule has 0 aliphatic heterocycles. The summed E-state index contributed by atoms with van der Waals surface area (Å²) in [6, 6.07) is 4.15. The van der Waals surface area contributed by atoms with Crippen LogP contribution in [0.25, 0.3) is 0 Å². The summed E-state index contributed by atoms with van der Waals surface area (Å²) in [5, 5.41) is 11.4. The summed E-state index contributed by atoms with van der Waals surface area (Å²) in [5.41, 5.74) is 4.53. The molecule has 0 fully saturated rings. The second-order valence-electron chi connectivity index (χ2n) is 3.06. The average Bonchev–Trinajstić information content (AvgIpc) is 1.96. The maximum absolute atomic E-state index is 8.41. The van der Waals surface area contributed by atoms with Crippen molar-refractivity contribution in [1.82, 2.24) is 0 Å². The van der Waals surface area contributed by atoms with E-state index >= 15 is 0 Å². The van der Waals surface area contributed by atoms with E-state index in [0.29, 0.717) is 0 Å². The van der Waals surface area contributed by atoms with Crippen LogP contribution in [-0.2, 0) is 0 Å². The maximum atomic E-state index is 8.41. The van der Waals surface area contributed by atoms with Crippen LogP contribution in [0.4, 0.5) is 0 Å². The fraction of sp³-hybridized carbons (Fsp3) is 0.300. The van der Waals surface area contributed by atoms with E-state index in [2.05, 4.69) is 24.2 Å². The highest BCUT2D eigenvalue weighted by molar-refractivity contribution is 5.83. The lowest BCUT2D eigenvalue weighted by atomic mass is 10.0. The van der Waals surface area contributed by atoms with Crippen LogP contribution in [0.2, 0.25) is 0 Å². The quantitative estimate of drug-likeness (QED) is 0.385. The van der Waals surface area contributed by atoms with Crippen molar-refractivity contribution in [3.8, 4) is 0 Å². The van der Waals surface area contributed by atoms with Gasteiger partial charge in [-0.3, -0.25) is 0 Å². The first-order valence-electron chi connectivity index (χ1n) is 3.90. The number of oxime groups is 1. The normalized spacial score (nSPS) is 10.9. The molecule has 0 aliphatic carbocycles. The Morgan fingerprint density at radius 2 is 1.67 bits per heavy atom. The largest absolute Gasteiger partial charge is 0.411 e. The van der Waals surface area contributed by atoms with E-state index in [0.717, 1.165) is 16.7 Å². The van der Waals surface area contributed by atoms with Crippen LogP contribution in [0.3, 0.4) is 0 Å². The van der Waals surface area contributed by atoms with Crippen LogP contribution < -0.4 is 0 Å². The monoisotopic (exact) mass is 163 g/mol. The highest BCUT2D eigenvalue weighted by Crippen LogP contribution is 2.13. The Hall–Kier alpha value is -1.31. The van der Waals surface area contributed by atoms with Gasteiger partial charge in [-0.25, -0.2) is 0 Å². The molecule has 12 heavy (non-hydrogen) atoms. The van der Waals surface area contributed by atoms with E-state index in [1.165, 1.54) is 11.8 Å². The van der Waals surface area contributed by atoms with Crippen molar-refractivity contribution in [2.75, 3.05) is 0 Å². The van der Waals surface area contributed by atoms with Gasteiger partial charge >= 0.3 is 0 Å². The molecule has 0 aromatic heterocycles. The third-order valence-corrected chi connectivity index (χ3v) is 1.92. The molecule has 1 aromatic rings. The highest BCUT2D eigenvalue weighted by atomic mass is 16.4. The molecule has 0 unspecified atom stereocenters. The first-order chi connectivity index (χ1) is 5.65. The topological polar surface area (TPSA) is 32.6 Å². The summed E-state index contributed by atoms with van der Waals surface area (Å²) in [6.45, 7) is 6.08. The lowest BCUT2D eigenvalue weighted by Gasteiger charge is -2.05. The molecule has 0 spiro atoms. The summed E-state index contributed by atoms with van der Waals surface area (Å²) < 4.78 is 0. The molecule has 0 heterocycles. The Labute approximate surface area is 72.5 Å². The van der Waals surface area contributed by atoms with Crippen molar-refractivity contribution in [2.24, 2.45) is 5.16 Å². The standard InChI is InChI=1S/C10H13NO/c1-7-4-8(2)10(6-11-12)9(3)5-7/h4-6,12H,1-3H3. The van der Waals surface area contributed by atoms with E-state index < -0.39 is 0 Å². The minimum atomic E-state index is 1.00. The third-order valence-electron chi connectivity index (χ3n) is 1.92. The summed E-state index contributed by atoms with van der Waals surface area (Å²) in [5.74, 6) is 0. The molecule has 1 rings (SSSR count). The Morgan fingerprint density at radius 3 is 2.08 bits per heavy atom. The molecule has 0 saturated heterocycles. The maximum Gasteiger partial charge on any atom is 0.0739 e. The summed E-state index contributed by atoms with van der Waals surface area (Å²) >= 11 is 0. The Kier molecular flexibility index (Phi) is 2.48. The Balaban J connectivity index is 3.28. The number of nitrogens with zero attached hydrogens (tertiary/aromatic N) is 1. The van der Waals surface area contributed by atoms with Crippen molar-refractivity contribution >= 4 is 6.21 Å². The molecule has 0 saturated carbocycles. The van der Waals surface area contributed by atoms with Gasteiger partial charge in [-0.2, -0.15) is 0 Å². The molecule has 1 N–H and O–H groups in total. The average molecular weight is 163 g/mol. The number of aryl methyl sites for hydroxylation is 3. The van der Waals surface area contributed by atoms with Gasteiger partial charge in [0.1, 0.15) is 0 Å². The van der Waals surface area contributed by atoms with Gasteiger partial charge in [-0.05, 0) is 31.9 Å². The highest BCUT2D eigenvalue weighted by Gasteiger charge is 2.00. The van der Waals surface area contributed by atoms with Crippen LogP contribution in [0.15, 0.2) is 17.3 Å². The van der Waals surface area contributed by atoms with Crippen molar-refractivity contribution in [3.63, 3.8) is 0 Å². The molecule has 0 amide bonds. The zero-order valence-corrected chi connectivity index (χ0v) is 7.63. The molecule has 0 atom stereocenters. The SMILES string of the molecule is Cc1cc(C)c(C=NO)c(C)c1. The van der Waals surface area contributed by atoms with Crippen molar-refractivity contribution in [1.29, 1.82) is 0 Å². The fourth-order valence-electron chi connectivity index (χ4n) is 1.45. The zero-order chi connectivity index (χ0) is 9.14. The van der Waals surface area contributed by atoms with E-state index in [4.69, 9.17) is 5.21 Å². The Morgan fingerprint density at radius 1 is 1.17 bits per heavy atom. The van der Waals surface area contributed by atoms with Crippen LogP contribution in [0.5, 0.6) is 0 Å². The van der Waals surface area contributed by atoms with Crippen molar-refractivity contribution in [3.05, 3.63) is 34.4 Å². The molecule has 2 heteroatoms. The fourth-order valence-corrected chi connectivity index (χ4v) is 1.45. The number of hydrogen-bond donors (Lipinski definition) is 1. The smallest absolute Gasteiger partial charge is 0.0739 e. The number of benzene rings is 1. The summed E-state index contributed by atoms with van der Waals surface area (Å²) in [7, 11) is 0. The zero-order valence-electron chi connectivity index (χ0n) is 7.63. The van der Waals surface area contributed by atoms with Gasteiger partial charge in [0, 0.05) is 5.56 Å².